The Morgan fingerprint density at radius 3 is 2.68 bits per heavy atom. The highest BCUT2D eigenvalue weighted by atomic mass is 35.5. The van der Waals surface area contributed by atoms with Gasteiger partial charge < -0.3 is 14.1 Å². The molecule has 0 N–H and O–H groups in total. The molecule has 0 atom stereocenters. The van der Waals surface area contributed by atoms with Crippen molar-refractivity contribution in [1.82, 2.24) is 4.90 Å². The van der Waals surface area contributed by atoms with Crippen molar-refractivity contribution in [3.63, 3.8) is 0 Å². The van der Waals surface area contributed by atoms with Crippen LogP contribution in [0.5, 0.6) is 0 Å². The van der Waals surface area contributed by atoms with Gasteiger partial charge in [-0.1, -0.05) is 11.6 Å². The van der Waals surface area contributed by atoms with Gasteiger partial charge in [-0.3, -0.25) is 9.59 Å². The van der Waals surface area contributed by atoms with E-state index >= 15 is 0 Å². The molecule has 0 radical (unpaired) electrons. The number of benzene rings is 1. The third-order valence-electron chi connectivity index (χ3n) is 3.39. The summed E-state index contributed by atoms with van der Waals surface area (Å²) in [5, 5.41) is 1.37. The molecule has 0 aliphatic rings. The molecule has 5 nitrogen and oxygen atoms in total. The van der Waals surface area contributed by atoms with E-state index in [1.807, 2.05) is 0 Å². The SMILES string of the molecule is CCOC(=O)CN(CC)C(=O)c1oc2ccc(Cl)cc2c1C. The van der Waals surface area contributed by atoms with E-state index in [2.05, 4.69) is 0 Å². The average Bonchev–Trinajstić information content (AvgIpc) is 2.81. The molecule has 6 heteroatoms. The maximum Gasteiger partial charge on any atom is 0.325 e. The van der Waals surface area contributed by atoms with Gasteiger partial charge in [0.25, 0.3) is 5.91 Å². The molecule has 1 amide bonds. The van der Waals surface area contributed by atoms with Crippen molar-refractivity contribution in [2.75, 3.05) is 19.7 Å². The molecule has 1 aromatic carbocycles. The van der Waals surface area contributed by atoms with Crippen LogP contribution in [-0.2, 0) is 9.53 Å². The van der Waals surface area contributed by atoms with Gasteiger partial charge in [0.15, 0.2) is 5.76 Å². The van der Waals surface area contributed by atoms with Gasteiger partial charge in [0.05, 0.1) is 6.61 Å². The Bertz CT molecular complexity index is 707. The van der Waals surface area contributed by atoms with E-state index in [0.717, 1.165) is 5.39 Å². The summed E-state index contributed by atoms with van der Waals surface area (Å²) in [7, 11) is 0. The molecule has 0 aliphatic carbocycles. The van der Waals surface area contributed by atoms with Crippen LogP contribution >= 0.6 is 11.6 Å². The van der Waals surface area contributed by atoms with E-state index in [1.54, 1.807) is 39.0 Å². The number of amides is 1. The van der Waals surface area contributed by atoms with E-state index in [1.165, 1.54) is 4.90 Å². The fraction of sp³-hybridized carbons (Fsp3) is 0.375. The zero-order valence-electron chi connectivity index (χ0n) is 12.8. The number of furan rings is 1. The van der Waals surface area contributed by atoms with E-state index in [9.17, 15) is 9.59 Å². The lowest BCUT2D eigenvalue weighted by Gasteiger charge is -2.18. The molecule has 0 unspecified atom stereocenters. The number of carbonyl (C=O) groups is 2. The summed E-state index contributed by atoms with van der Waals surface area (Å²) in [6.07, 6.45) is 0. The lowest BCUT2D eigenvalue weighted by molar-refractivity contribution is -0.143. The highest BCUT2D eigenvalue weighted by molar-refractivity contribution is 6.31. The third kappa shape index (κ3) is 3.25. The summed E-state index contributed by atoms with van der Waals surface area (Å²) in [4.78, 5) is 25.6. The number of ether oxygens (including phenoxy) is 1. The van der Waals surface area contributed by atoms with Crippen LogP contribution in [-0.4, -0.2) is 36.5 Å². The van der Waals surface area contributed by atoms with Gasteiger partial charge in [-0.15, -0.1) is 0 Å². The molecule has 0 saturated carbocycles. The van der Waals surface area contributed by atoms with E-state index < -0.39 is 5.97 Å². The molecular formula is C16H18ClNO4. The quantitative estimate of drug-likeness (QED) is 0.791. The first kappa shape index (κ1) is 16.4. The van der Waals surface area contributed by atoms with E-state index in [4.69, 9.17) is 20.8 Å². The van der Waals surface area contributed by atoms with Crippen molar-refractivity contribution in [3.05, 3.63) is 34.5 Å². The molecule has 1 heterocycles. The highest BCUT2D eigenvalue weighted by Gasteiger charge is 2.24. The fourth-order valence-electron chi connectivity index (χ4n) is 2.23. The number of carbonyl (C=O) groups excluding carboxylic acids is 2. The largest absolute Gasteiger partial charge is 0.465 e. The maximum absolute atomic E-state index is 12.6. The minimum atomic E-state index is -0.436. The van der Waals surface area contributed by atoms with Crippen LogP contribution in [0.25, 0.3) is 11.0 Å². The van der Waals surface area contributed by atoms with Crippen LogP contribution in [0.15, 0.2) is 22.6 Å². The van der Waals surface area contributed by atoms with E-state index in [0.29, 0.717) is 22.7 Å². The van der Waals surface area contributed by atoms with Gasteiger partial charge in [-0.2, -0.15) is 0 Å². The Labute approximate surface area is 133 Å². The number of hydrogen-bond acceptors (Lipinski definition) is 4. The van der Waals surface area contributed by atoms with Crippen molar-refractivity contribution in [1.29, 1.82) is 0 Å². The van der Waals surface area contributed by atoms with Crippen LogP contribution in [0, 0.1) is 6.92 Å². The molecule has 1 aromatic heterocycles. The summed E-state index contributed by atoms with van der Waals surface area (Å²) in [6, 6.07) is 5.19. The first-order valence-corrected chi connectivity index (χ1v) is 7.49. The Morgan fingerprint density at radius 2 is 2.05 bits per heavy atom. The molecule has 0 saturated heterocycles. The Morgan fingerprint density at radius 1 is 1.32 bits per heavy atom. The molecular weight excluding hydrogens is 306 g/mol. The van der Waals surface area contributed by atoms with Gasteiger partial charge in [0.1, 0.15) is 12.1 Å². The first-order valence-electron chi connectivity index (χ1n) is 7.11. The molecule has 0 bridgehead atoms. The summed E-state index contributed by atoms with van der Waals surface area (Å²) < 4.78 is 10.5. The number of aryl methyl sites for hydroxylation is 1. The molecule has 118 valence electrons. The minimum Gasteiger partial charge on any atom is -0.465 e. The predicted molar refractivity (Wildman–Crippen MR) is 84.2 cm³/mol. The number of halogens is 1. The van der Waals surface area contributed by atoms with Gasteiger partial charge >= 0.3 is 5.97 Å². The minimum absolute atomic E-state index is 0.0968. The molecule has 0 aliphatic heterocycles. The number of fused-ring (bicyclic) bond motifs is 1. The zero-order valence-corrected chi connectivity index (χ0v) is 13.6. The topological polar surface area (TPSA) is 59.8 Å². The monoisotopic (exact) mass is 323 g/mol. The Hall–Kier alpha value is -2.01. The fourth-order valence-corrected chi connectivity index (χ4v) is 2.40. The number of likely N-dealkylation sites (N-methyl/N-ethyl adjacent to an activating group) is 1. The number of hydrogen-bond donors (Lipinski definition) is 0. The predicted octanol–water partition coefficient (Wildman–Crippen LogP) is 3.42. The van der Waals surface area contributed by atoms with Crippen molar-refractivity contribution in [3.8, 4) is 0 Å². The third-order valence-corrected chi connectivity index (χ3v) is 3.62. The summed E-state index contributed by atoms with van der Waals surface area (Å²) in [6.45, 7) is 5.89. The summed E-state index contributed by atoms with van der Waals surface area (Å²) in [5.74, 6) is -0.543. The van der Waals surface area contributed by atoms with Crippen LogP contribution in [0.2, 0.25) is 5.02 Å². The lowest BCUT2D eigenvalue weighted by Crippen LogP contribution is -2.36. The van der Waals surface area contributed by atoms with Crippen molar-refractivity contribution in [2.24, 2.45) is 0 Å². The summed E-state index contributed by atoms with van der Waals surface area (Å²) in [5.41, 5.74) is 1.31. The smallest absolute Gasteiger partial charge is 0.325 e. The van der Waals surface area contributed by atoms with Gasteiger partial charge in [0.2, 0.25) is 0 Å². The molecule has 22 heavy (non-hydrogen) atoms. The van der Waals surface area contributed by atoms with Gasteiger partial charge in [0, 0.05) is 22.5 Å². The first-order chi connectivity index (χ1) is 10.5. The van der Waals surface area contributed by atoms with E-state index in [-0.39, 0.29) is 24.8 Å². The molecule has 0 spiro atoms. The molecule has 2 aromatic rings. The second kappa shape index (κ2) is 6.83. The Balaban J connectivity index is 2.31. The maximum atomic E-state index is 12.6. The zero-order chi connectivity index (χ0) is 16.3. The average molecular weight is 324 g/mol. The standard InChI is InChI=1S/C16H18ClNO4/c1-4-18(9-14(19)21-5-2)16(20)15-10(3)12-8-11(17)6-7-13(12)22-15/h6-8H,4-5,9H2,1-3H3. The van der Waals surface area contributed by atoms with Gasteiger partial charge in [-0.05, 0) is 39.0 Å². The highest BCUT2D eigenvalue weighted by Crippen LogP contribution is 2.28. The number of nitrogens with zero attached hydrogens (tertiary/aromatic N) is 1. The van der Waals surface area contributed by atoms with Crippen molar-refractivity contribution >= 4 is 34.4 Å². The van der Waals surface area contributed by atoms with Crippen LogP contribution in [0.3, 0.4) is 0 Å². The normalized spacial score (nSPS) is 10.7. The van der Waals surface area contributed by atoms with Crippen LogP contribution in [0.1, 0.15) is 30.0 Å². The van der Waals surface area contributed by atoms with Crippen molar-refractivity contribution in [2.45, 2.75) is 20.8 Å². The Kier molecular flexibility index (Phi) is 5.08. The van der Waals surface area contributed by atoms with Crippen LogP contribution < -0.4 is 0 Å². The van der Waals surface area contributed by atoms with Gasteiger partial charge in [-0.25, -0.2) is 0 Å². The second-order valence-electron chi connectivity index (χ2n) is 4.82. The number of rotatable bonds is 5. The number of esters is 1. The second-order valence-corrected chi connectivity index (χ2v) is 5.26. The summed E-state index contributed by atoms with van der Waals surface area (Å²) >= 11 is 5.97. The lowest BCUT2D eigenvalue weighted by atomic mass is 10.1. The van der Waals surface area contributed by atoms with Crippen LogP contribution in [0.4, 0.5) is 0 Å². The molecule has 0 fully saturated rings. The van der Waals surface area contributed by atoms with Crippen molar-refractivity contribution < 1.29 is 18.7 Å². The molecule has 2 rings (SSSR count).